The first-order chi connectivity index (χ1) is 7.40. The molecule has 1 saturated heterocycles. The van der Waals surface area contributed by atoms with Crippen LogP contribution >= 0.6 is 31.9 Å². The first-order valence-electron chi connectivity index (χ1n) is 5.80. The van der Waals surface area contributed by atoms with Crippen molar-refractivity contribution in [3.63, 3.8) is 0 Å². The van der Waals surface area contributed by atoms with E-state index < -0.39 is 0 Å². The van der Waals surface area contributed by atoms with E-state index in [0.29, 0.717) is 0 Å². The lowest BCUT2D eigenvalue weighted by Gasteiger charge is -2.35. The molecule has 0 N–H and O–H groups in total. The van der Waals surface area contributed by atoms with Crippen molar-refractivity contribution in [2.24, 2.45) is 5.41 Å². The number of amides is 1. The highest BCUT2D eigenvalue weighted by Gasteiger charge is 2.67. The third kappa shape index (κ3) is 2.06. The van der Waals surface area contributed by atoms with E-state index in [2.05, 4.69) is 43.7 Å². The molecule has 0 unspecified atom stereocenters. The van der Waals surface area contributed by atoms with Gasteiger partial charge in [-0.1, -0.05) is 38.8 Å². The number of halogens is 2. The lowest BCUT2D eigenvalue weighted by Crippen LogP contribution is -2.50. The van der Waals surface area contributed by atoms with Gasteiger partial charge in [0.15, 0.2) is 0 Å². The fourth-order valence-electron chi connectivity index (χ4n) is 2.25. The second kappa shape index (κ2) is 4.25. The van der Waals surface area contributed by atoms with Gasteiger partial charge in [-0.15, -0.1) is 0 Å². The highest BCUT2D eigenvalue weighted by molar-refractivity contribution is 9.25. The first-order valence-corrected chi connectivity index (χ1v) is 7.39. The van der Waals surface area contributed by atoms with Gasteiger partial charge >= 0.3 is 0 Å². The summed E-state index contributed by atoms with van der Waals surface area (Å²) < 4.78 is -0.161. The van der Waals surface area contributed by atoms with Gasteiger partial charge < -0.3 is 9.80 Å². The number of alkyl halides is 2. The molecule has 2 aliphatic rings. The van der Waals surface area contributed by atoms with Crippen molar-refractivity contribution < 1.29 is 4.79 Å². The normalized spacial score (nSPS) is 33.9. The number of hydrogen-bond donors (Lipinski definition) is 0. The zero-order valence-corrected chi connectivity index (χ0v) is 13.0. The van der Waals surface area contributed by atoms with Crippen LogP contribution in [0, 0.1) is 5.41 Å². The monoisotopic (exact) mass is 352 g/mol. The van der Waals surface area contributed by atoms with Crippen LogP contribution in [-0.4, -0.2) is 51.7 Å². The Labute approximate surface area is 114 Å². The van der Waals surface area contributed by atoms with E-state index in [1.807, 2.05) is 11.8 Å². The number of rotatable bonds is 2. The van der Waals surface area contributed by atoms with Crippen molar-refractivity contribution in [3.8, 4) is 0 Å². The lowest BCUT2D eigenvalue weighted by atomic mass is 10.1. The Kier molecular flexibility index (Phi) is 3.41. The average molecular weight is 354 g/mol. The molecule has 0 aromatic carbocycles. The highest BCUT2D eigenvalue weighted by Crippen LogP contribution is 2.66. The van der Waals surface area contributed by atoms with Gasteiger partial charge in [0.05, 0.1) is 8.65 Å². The van der Waals surface area contributed by atoms with Crippen LogP contribution in [0.3, 0.4) is 0 Å². The van der Waals surface area contributed by atoms with Crippen LogP contribution in [0.25, 0.3) is 0 Å². The predicted molar refractivity (Wildman–Crippen MR) is 72.0 cm³/mol. The maximum Gasteiger partial charge on any atom is 0.230 e. The topological polar surface area (TPSA) is 23.6 Å². The van der Waals surface area contributed by atoms with Crippen molar-refractivity contribution in [2.45, 2.75) is 23.5 Å². The molecule has 2 rings (SSSR count). The molecule has 0 spiro atoms. The smallest absolute Gasteiger partial charge is 0.230 e. The SMILES string of the molecule is CCN1CCN(C(=O)[C@@]2(C)CC2(Br)Br)CC1. The van der Waals surface area contributed by atoms with Crippen molar-refractivity contribution in [1.29, 1.82) is 0 Å². The molecule has 0 aromatic rings. The summed E-state index contributed by atoms with van der Waals surface area (Å²) in [5.74, 6) is 0.289. The van der Waals surface area contributed by atoms with Crippen LogP contribution in [0.1, 0.15) is 20.3 Å². The van der Waals surface area contributed by atoms with E-state index in [0.717, 1.165) is 39.1 Å². The molecular weight excluding hydrogens is 336 g/mol. The second-order valence-corrected chi connectivity index (χ2v) is 8.71. The number of carbonyl (C=O) groups excluding carboxylic acids is 1. The molecule has 1 aliphatic carbocycles. The van der Waals surface area contributed by atoms with Crippen LogP contribution in [0.2, 0.25) is 0 Å². The Hall–Kier alpha value is 0.390. The number of nitrogens with zero attached hydrogens (tertiary/aromatic N) is 2. The summed E-state index contributed by atoms with van der Waals surface area (Å²) in [5.41, 5.74) is -0.249. The van der Waals surface area contributed by atoms with E-state index >= 15 is 0 Å². The van der Waals surface area contributed by atoms with Gasteiger partial charge in [-0.3, -0.25) is 4.79 Å². The molecule has 1 atom stereocenters. The highest BCUT2D eigenvalue weighted by atomic mass is 79.9. The minimum absolute atomic E-state index is 0.161. The Balaban J connectivity index is 1.93. The predicted octanol–water partition coefficient (Wildman–Crippen LogP) is 2.05. The fraction of sp³-hybridized carbons (Fsp3) is 0.909. The molecule has 1 saturated carbocycles. The molecule has 0 aromatic heterocycles. The molecular formula is C11H18Br2N2O. The Morgan fingerprint density at radius 3 is 2.12 bits per heavy atom. The third-order valence-electron chi connectivity index (χ3n) is 3.84. The Bertz CT molecular complexity index is 300. The second-order valence-electron chi connectivity index (χ2n) is 4.94. The lowest BCUT2D eigenvalue weighted by molar-refractivity contribution is -0.138. The average Bonchev–Trinajstić information content (AvgIpc) is 2.79. The fourth-order valence-corrected chi connectivity index (χ4v) is 3.71. The molecule has 1 heterocycles. The maximum atomic E-state index is 12.3. The van der Waals surface area contributed by atoms with Gasteiger partial charge in [-0.25, -0.2) is 0 Å². The molecule has 92 valence electrons. The third-order valence-corrected chi connectivity index (χ3v) is 6.15. The molecule has 16 heavy (non-hydrogen) atoms. The number of likely N-dealkylation sites (N-methyl/N-ethyl adjacent to an activating group) is 1. The van der Waals surface area contributed by atoms with Gasteiger partial charge in [0.2, 0.25) is 5.91 Å². The molecule has 5 heteroatoms. The molecule has 0 radical (unpaired) electrons. The van der Waals surface area contributed by atoms with Gasteiger partial charge in [-0.2, -0.15) is 0 Å². The molecule has 1 aliphatic heterocycles. The van der Waals surface area contributed by atoms with Crippen LogP contribution in [0.5, 0.6) is 0 Å². The number of hydrogen-bond acceptors (Lipinski definition) is 2. The zero-order chi connectivity index (χ0) is 12.0. The molecule has 3 nitrogen and oxygen atoms in total. The number of carbonyl (C=O) groups is 1. The summed E-state index contributed by atoms with van der Waals surface area (Å²) in [4.78, 5) is 16.7. The summed E-state index contributed by atoms with van der Waals surface area (Å²) in [5, 5.41) is 0. The summed E-state index contributed by atoms with van der Waals surface area (Å²) >= 11 is 7.12. The summed E-state index contributed by atoms with van der Waals surface area (Å²) in [6.07, 6.45) is 0.882. The maximum absolute atomic E-state index is 12.3. The van der Waals surface area contributed by atoms with Crippen LogP contribution in [-0.2, 0) is 4.79 Å². The molecule has 2 fully saturated rings. The minimum Gasteiger partial charge on any atom is -0.340 e. The summed E-state index contributed by atoms with van der Waals surface area (Å²) in [6.45, 7) is 9.05. The quantitative estimate of drug-likeness (QED) is 0.709. The van der Waals surface area contributed by atoms with E-state index in [9.17, 15) is 4.79 Å². The number of piperazine rings is 1. The van der Waals surface area contributed by atoms with Crippen molar-refractivity contribution >= 4 is 37.8 Å². The summed E-state index contributed by atoms with van der Waals surface area (Å²) in [6, 6.07) is 0. The molecule has 0 bridgehead atoms. The Morgan fingerprint density at radius 1 is 1.25 bits per heavy atom. The van der Waals surface area contributed by atoms with Crippen LogP contribution in [0.4, 0.5) is 0 Å². The standard InChI is InChI=1S/C11H18Br2N2O/c1-3-14-4-6-15(7-5-14)9(16)10(2)8-11(10,12)13/h3-8H2,1-2H3/t10-/m1/s1. The Morgan fingerprint density at radius 2 is 1.75 bits per heavy atom. The van der Waals surface area contributed by atoms with Crippen molar-refractivity contribution in [3.05, 3.63) is 0 Å². The largest absolute Gasteiger partial charge is 0.340 e. The van der Waals surface area contributed by atoms with Gasteiger partial charge in [0.25, 0.3) is 0 Å². The van der Waals surface area contributed by atoms with Gasteiger partial charge in [0.1, 0.15) is 0 Å². The zero-order valence-electron chi connectivity index (χ0n) is 9.80. The molecule has 1 amide bonds. The van der Waals surface area contributed by atoms with E-state index in [1.165, 1.54) is 0 Å². The van der Waals surface area contributed by atoms with E-state index in [4.69, 9.17) is 0 Å². The van der Waals surface area contributed by atoms with Crippen LogP contribution in [0.15, 0.2) is 0 Å². The van der Waals surface area contributed by atoms with Gasteiger partial charge in [-0.05, 0) is 19.9 Å². The summed E-state index contributed by atoms with van der Waals surface area (Å²) in [7, 11) is 0. The minimum atomic E-state index is -0.249. The van der Waals surface area contributed by atoms with Crippen molar-refractivity contribution in [1.82, 2.24) is 9.80 Å². The van der Waals surface area contributed by atoms with E-state index in [-0.39, 0.29) is 14.6 Å². The first kappa shape index (κ1) is 12.8. The van der Waals surface area contributed by atoms with E-state index in [1.54, 1.807) is 0 Å². The van der Waals surface area contributed by atoms with Gasteiger partial charge in [0, 0.05) is 26.2 Å². The van der Waals surface area contributed by atoms with Crippen LogP contribution < -0.4 is 0 Å². The van der Waals surface area contributed by atoms with Crippen molar-refractivity contribution in [2.75, 3.05) is 32.7 Å².